The Hall–Kier alpha value is -1.76. The van der Waals surface area contributed by atoms with E-state index in [1.54, 1.807) is 32.3 Å². The van der Waals surface area contributed by atoms with Gasteiger partial charge >= 0.3 is 0 Å². The first-order valence-corrected chi connectivity index (χ1v) is 9.16. The summed E-state index contributed by atoms with van der Waals surface area (Å²) in [5, 5.41) is 0.510. The third-order valence-corrected chi connectivity index (χ3v) is 5.83. The highest BCUT2D eigenvalue weighted by Gasteiger charge is 2.28. The van der Waals surface area contributed by atoms with Gasteiger partial charge in [0.25, 0.3) is 10.0 Å². The van der Waals surface area contributed by atoms with Gasteiger partial charge in [-0.1, -0.05) is 41.4 Å². The molecule has 0 aliphatic heterocycles. The van der Waals surface area contributed by atoms with Crippen molar-refractivity contribution >= 4 is 44.8 Å². The van der Waals surface area contributed by atoms with Crippen molar-refractivity contribution in [3.63, 3.8) is 0 Å². The molecular formula is C16H16Cl2N2O3S. The number of anilines is 1. The van der Waals surface area contributed by atoms with Gasteiger partial charge < -0.3 is 4.90 Å². The standard InChI is InChI=1S/C16H16Cl2N2O3S/c1-19(2)16(21)11-20(12-8-9-14(17)15(18)10-12)24(22,23)13-6-4-3-5-7-13/h3-10H,11H2,1-2H3. The van der Waals surface area contributed by atoms with Gasteiger partial charge in [0.1, 0.15) is 6.54 Å². The lowest BCUT2D eigenvalue weighted by Gasteiger charge is -2.25. The second-order valence-electron chi connectivity index (χ2n) is 5.21. The number of sulfonamides is 1. The average Bonchev–Trinajstić information content (AvgIpc) is 2.55. The van der Waals surface area contributed by atoms with Crippen LogP contribution in [0.2, 0.25) is 10.0 Å². The molecule has 1 amide bonds. The molecule has 0 N–H and O–H groups in total. The minimum absolute atomic E-state index is 0.0858. The number of nitrogens with zero attached hydrogens (tertiary/aromatic N) is 2. The molecule has 2 aromatic rings. The molecule has 0 aromatic heterocycles. The van der Waals surface area contributed by atoms with Crippen LogP contribution in [0.3, 0.4) is 0 Å². The van der Waals surface area contributed by atoms with Crippen LogP contribution in [0.4, 0.5) is 5.69 Å². The van der Waals surface area contributed by atoms with Crippen LogP contribution in [0.25, 0.3) is 0 Å². The number of hydrogen-bond donors (Lipinski definition) is 0. The Balaban J connectivity index is 2.54. The van der Waals surface area contributed by atoms with Crippen molar-refractivity contribution in [3.05, 3.63) is 58.6 Å². The molecule has 8 heteroatoms. The quantitative estimate of drug-likeness (QED) is 0.791. The number of rotatable bonds is 5. The summed E-state index contributed by atoms with van der Waals surface area (Å²) in [5.41, 5.74) is 0.267. The summed E-state index contributed by atoms with van der Waals surface area (Å²) in [6.07, 6.45) is 0. The van der Waals surface area contributed by atoms with Gasteiger partial charge in [-0.15, -0.1) is 0 Å². The van der Waals surface area contributed by atoms with E-state index < -0.39 is 10.0 Å². The van der Waals surface area contributed by atoms with Crippen LogP contribution in [-0.2, 0) is 14.8 Å². The molecule has 0 heterocycles. The predicted octanol–water partition coefficient (Wildman–Crippen LogP) is 3.28. The van der Waals surface area contributed by atoms with E-state index in [4.69, 9.17) is 23.2 Å². The zero-order valence-corrected chi connectivity index (χ0v) is 15.4. The molecule has 0 fully saturated rings. The molecular weight excluding hydrogens is 371 g/mol. The molecule has 0 atom stereocenters. The van der Waals surface area contributed by atoms with E-state index in [1.165, 1.54) is 35.2 Å². The van der Waals surface area contributed by atoms with Gasteiger partial charge in [-0.3, -0.25) is 9.10 Å². The molecule has 0 aliphatic rings. The highest BCUT2D eigenvalue weighted by atomic mass is 35.5. The summed E-state index contributed by atoms with van der Waals surface area (Å²) in [7, 11) is -0.808. The van der Waals surface area contributed by atoms with Crippen molar-refractivity contribution in [1.82, 2.24) is 4.90 Å². The highest BCUT2D eigenvalue weighted by Crippen LogP contribution is 2.30. The number of carbonyl (C=O) groups excluding carboxylic acids is 1. The normalized spacial score (nSPS) is 11.2. The zero-order chi connectivity index (χ0) is 17.9. The van der Waals surface area contributed by atoms with Gasteiger partial charge in [0.05, 0.1) is 20.6 Å². The average molecular weight is 387 g/mol. The van der Waals surface area contributed by atoms with Gasteiger partial charge in [0.2, 0.25) is 5.91 Å². The Morgan fingerprint density at radius 3 is 2.17 bits per heavy atom. The van der Waals surface area contributed by atoms with Crippen molar-refractivity contribution in [2.75, 3.05) is 24.9 Å². The summed E-state index contributed by atoms with van der Waals surface area (Å²) in [6, 6.07) is 12.3. The van der Waals surface area contributed by atoms with Crippen molar-refractivity contribution in [3.8, 4) is 0 Å². The SMILES string of the molecule is CN(C)C(=O)CN(c1ccc(Cl)c(Cl)c1)S(=O)(=O)c1ccccc1. The third kappa shape index (κ3) is 4.01. The summed E-state index contributed by atoms with van der Waals surface area (Å²) in [6.45, 7) is -0.345. The third-order valence-electron chi connectivity index (χ3n) is 3.30. The molecule has 0 saturated heterocycles. The number of carbonyl (C=O) groups is 1. The molecule has 5 nitrogen and oxygen atoms in total. The van der Waals surface area contributed by atoms with E-state index in [-0.39, 0.29) is 28.1 Å². The smallest absolute Gasteiger partial charge is 0.264 e. The van der Waals surface area contributed by atoms with Crippen LogP contribution >= 0.6 is 23.2 Å². The van der Waals surface area contributed by atoms with Gasteiger partial charge in [0.15, 0.2) is 0 Å². The lowest BCUT2D eigenvalue weighted by Crippen LogP contribution is -2.40. The van der Waals surface area contributed by atoms with Crippen molar-refractivity contribution < 1.29 is 13.2 Å². The van der Waals surface area contributed by atoms with E-state index in [9.17, 15) is 13.2 Å². The molecule has 24 heavy (non-hydrogen) atoms. The van der Waals surface area contributed by atoms with Crippen LogP contribution in [0.15, 0.2) is 53.4 Å². The molecule has 2 rings (SSSR count). The molecule has 0 bridgehead atoms. The molecule has 0 unspecified atom stereocenters. The van der Waals surface area contributed by atoms with E-state index in [2.05, 4.69) is 0 Å². The van der Waals surface area contributed by atoms with Crippen LogP contribution in [0, 0.1) is 0 Å². The Morgan fingerprint density at radius 1 is 1.00 bits per heavy atom. The lowest BCUT2D eigenvalue weighted by atomic mass is 10.3. The van der Waals surface area contributed by atoms with Crippen molar-refractivity contribution in [2.24, 2.45) is 0 Å². The highest BCUT2D eigenvalue weighted by molar-refractivity contribution is 7.92. The van der Waals surface area contributed by atoms with Gasteiger partial charge in [-0.2, -0.15) is 0 Å². The fraction of sp³-hybridized carbons (Fsp3) is 0.188. The molecule has 0 spiro atoms. The number of amides is 1. The number of benzene rings is 2. The summed E-state index contributed by atoms with van der Waals surface area (Å²) < 4.78 is 27.0. The van der Waals surface area contributed by atoms with Gasteiger partial charge in [0, 0.05) is 14.1 Å². The zero-order valence-electron chi connectivity index (χ0n) is 13.1. The van der Waals surface area contributed by atoms with Crippen LogP contribution < -0.4 is 4.31 Å². The Bertz CT molecular complexity index is 840. The maximum atomic E-state index is 13.0. The predicted molar refractivity (Wildman–Crippen MR) is 96.1 cm³/mol. The van der Waals surface area contributed by atoms with Crippen molar-refractivity contribution in [2.45, 2.75) is 4.90 Å². The van der Waals surface area contributed by atoms with Crippen LogP contribution in [-0.4, -0.2) is 39.9 Å². The fourth-order valence-corrected chi connectivity index (χ4v) is 3.66. The first-order chi connectivity index (χ1) is 11.2. The lowest BCUT2D eigenvalue weighted by molar-refractivity contribution is -0.127. The molecule has 0 radical (unpaired) electrons. The monoisotopic (exact) mass is 386 g/mol. The second kappa shape index (κ2) is 7.42. The Kier molecular flexibility index (Phi) is 5.74. The minimum atomic E-state index is -3.93. The first kappa shape index (κ1) is 18.6. The Morgan fingerprint density at radius 2 is 1.62 bits per heavy atom. The topological polar surface area (TPSA) is 57.7 Å². The maximum absolute atomic E-state index is 13.0. The number of halogens is 2. The minimum Gasteiger partial charge on any atom is -0.347 e. The second-order valence-corrected chi connectivity index (χ2v) is 7.89. The van der Waals surface area contributed by atoms with Gasteiger partial charge in [-0.25, -0.2) is 8.42 Å². The summed E-state index contributed by atoms with van der Waals surface area (Å²) in [5.74, 6) is -0.361. The number of hydrogen-bond acceptors (Lipinski definition) is 3. The van der Waals surface area contributed by atoms with Crippen LogP contribution in [0.1, 0.15) is 0 Å². The molecule has 2 aromatic carbocycles. The van der Waals surface area contributed by atoms with E-state index in [1.807, 2.05) is 0 Å². The van der Waals surface area contributed by atoms with Gasteiger partial charge in [-0.05, 0) is 30.3 Å². The molecule has 0 saturated carbocycles. The Labute approximate surface area is 151 Å². The number of likely N-dealkylation sites (N-methyl/N-ethyl adjacent to an activating group) is 1. The molecule has 0 aliphatic carbocycles. The molecule has 128 valence electrons. The summed E-state index contributed by atoms with van der Waals surface area (Å²) >= 11 is 11.9. The summed E-state index contributed by atoms with van der Waals surface area (Å²) in [4.78, 5) is 13.5. The fourth-order valence-electron chi connectivity index (χ4n) is 1.94. The largest absolute Gasteiger partial charge is 0.347 e. The van der Waals surface area contributed by atoms with E-state index in [0.29, 0.717) is 5.02 Å². The first-order valence-electron chi connectivity index (χ1n) is 6.96. The van der Waals surface area contributed by atoms with Crippen LogP contribution in [0.5, 0.6) is 0 Å². The van der Waals surface area contributed by atoms with Crippen molar-refractivity contribution in [1.29, 1.82) is 0 Å². The maximum Gasteiger partial charge on any atom is 0.264 e. The van der Waals surface area contributed by atoms with E-state index in [0.717, 1.165) is 4.31 Å². The van der Waals surface area contributed by atoms with E-state index >= 15 is 0 Å².